The van der Waals surface area contributed by atoms with Crippen LogP contribution in [-0.2, 0) is 29.0 Å². The van der Waals surface area contributed by atoms with Crippen LogP contribution in [0.4, 0.5) is 0 Å². The van der Waals surface area contributed by atoms with Crippen LogP contribution in [-0.4, -0.2) is 33.0 Å². The van der Waals surface area contributed by atoms with E-state index in [1.165, 1.54) is 11.3 Å². The number of nitrogens with one attached hydrogen (secondary N) is 1. The molecule has 2 saturated heterocycles. The van der Waals surface area contributed by atoms with Crippen molar-refractivity contribution in [1.29, 1.82) is 0 Å². The van der Waals surface area contributed by atoms with Crippen LogP contribution in [0.3, 0.4) is 0 Å². The molecule has 2 aliphatic heterocycles. The van der Waals surface area contributed by atoms with Crippen LogP contribution in [0.15, 0.2) is 42.5 Å². The molecule has 8 heteroatoms. The second-order valence-corrected chi connectivity index (χ2v) is 11.4. The summed E-state index contributed by atoms with van der Waals surface area (Å²) >= 11 is 1.46. The van der Waals surface area contributed by atoms with Crippen molar-refractivity contribution in [1.82, 2.24) is 5.48 Å². The molecule has 2 aliphatic rings. The van der Waals surface area contributed by atoms with Gasteiger partial charge in [0.05, 0.1) is 12.2 Å². The summed E-state index contributed by atoms with van der Waals surface area (Å²) < 4.78 is 30.8. The summed E-state index contributed by atoms with van der Waals surface area (Å²) in [5, 5.41) is 0. The maximum absolute atomic E-state index is 13.3. The zero-order valence-electron chi connectivity index (χ0n) is 16.8. The second-order valence-electron chi connectivity index (χ2n) is 7.92. The Bertz CT molecular complexity index is 966. The predicted octanol–water partition coefficient (Wildman–Crippen LogP) is 4.17. The molecule has 0 radical (unpaired) electrons. The minimum atomic E-state index is -3.48. The normalized spacial score (nSPS) is 26.2. The number of carbonyl (C=O) groups excluding carboxylic acids is 1. The zero-order valence-corrected chi connectivity index (χ0v) is 18.5. The molecule has 1 N–H and O–H groups in total. The Hall–Kier alpha value is -1.74. The van der Waals surface area contributed by atoms with Gasteiger partial charge in [-0.3, -0.25) is 4.79 Å². The highest BCUT2D eigenvalue weighted by Gasteiger charge is 2.49. The van der Waals surface area contributed by atoms with Crippen LogP contribution in [0.5, 0.6) is 0 Å². The number of amides is 1. The molecule has 6 nitrogen and oxygen atoms in total. The van der Waals surface area contributed by atoms with Crippen molar-refractivity contribution in [2.24, 2.45) is 0 Å². The van der Waals surface area contributed by atoms with Gasteiger partial charge in [0.25, 0.3) is 0 Å². The number of hydroxylamine groups is 1. The Labute approximate surface area is 181 Å². The van der Waals surface area contributed by atoms with Crippen molar-refractivity contribution in [3.63, 3.8) is 0 Å². The molecule has 162 valence electrons. The highest BCUT2D eigenvalue weighted by atomic mass is 32.2. The average molecular weight is 450 g/mol. The summed E-state index contributed by atoms with van der Waals surface area (Å²) in [5.74, 6) is -0.324. The van der Waals surface area contributed by atoms with Gasteiger partial charge < -0.3 is 4.74 Å². The predicted molar refractivity (Wildman–Crippen MR) is 117 cm³/mol. The van der Waals surface area contributed by atoms with Crippen LogP contribution in [0.1, 0.15) is 49.8 Å². The molecular weight excluding hydrogens is 422 g/mol. The molecule has 3 heterocycles. The van der Waals surface area contributed by atoms with Crippen molar-refractivity contribution in [3.05, 3.63) is 47.3 Å². The van der Waals surface area contributed by atoms with Crippen molar-refractivity contribution in [3.8, 4) is 10.4 Å². The van der Waals surface area contributed by atoms with E-state index < -0.39 is 26.8 Å². The van der Waals surface area contributed by atoms with Gasteiger partial charge in [0.15, 0.2) is 16.1 Å². The highest BCUT2D eigenvalue weighted by molar-refractivity contribution is 7.92. The fourth-order valence-electron chi connectivity index (χ4n) is 4.19. The number of thiophene rings is 1. The van der Waals surface area contributed by atoms with Crippen molar-refractivity contribution < 1.29 is 22.8 Å². The number of benzene rings is 1. The maximum Gasteiger partial charge on any atom is 0.245 e. The van der Waals surface area contributed by atoms with Crippen LogP contribution >= 0.6 is 11.3 Å². The van der Waals surface area contributed by atoms with E-state index in [0.29, 0.717) is 19.4 Å². The summed E-state index contributed by atoms with van der Waals surface area (Å²) in [6.45, 7) is 0.607. The third-order valence-electron chi connectivity index (χ3n) is 5.84. The fourth-order valence-corrected chi connectivity index (χ4v) is 7.97. The van der Waals surface area contributed by atoms with Gasteiger partial charge in [-0.25, -0.2) is 18.7 Å². The molecule has 30 heavy (non-hydrogen) atoms. The number of sulfone groups is 1. The third kappa shape index (κ3) is 4.46. The average Bonchev–Trinajstić information content (AvgIpc) is 3.26. The number of carbonyl (C=O) groups is 1. The molecule has 1 aromatic heterocycles. The molecule has 0 spiro atoms. The molecule has 0 bridgehead atoms. The van der Waals surface area contributed by atoms with Gasteiger partial charge in [-0.05, 0) is 43.4 Å². The maximum atomic E-state index is 13.3. The van der Waals surface area contributed by atoms with Gasteiger partial charge in [0.1, 0.15) is 4.75 Å². The van der Waals surface area contributed by atoms with E-state index in [9.17, 15) is 13.2 Å². The molecule has 1 amide bonds. The van der Waals surface area contributed by atoms with Gasteiger partial charge in [0, 0.05) is 22.8 Å². The number of hydrogen-bond donors (Lipinski definition) is 1. The SMILES string of the molecule is O=C(C[C@]1(c2ccc(-c3ccccc3)s2)CCCCS1(=O)=O)NOC1CCCCO1. The molecule has 1 unspecified atom stereocenters. The van der Waals surface area contributed by atoms with Gasteiger partial charge in [-0.15, -0.1) is 11.3 Å². The minimum absolute atomic E-state index is 0.103. The van der Waals surface area contributed by atoms with E-state index >= 15 is 0 Å². The Morgan fingerprint density at radius 2 is 1.97 bits per heavy atom. The monoisotopic (exact) mass is 449 g/mol. The van der Waals surface area contributed by atoms with E-state index in [-0.39, 0.29) is 12.2 Å². The van der Waals surface area contributed by atoms with Crippen LogP contribution in [0.2, 0.25) is 0 Å². The first-order chi connectivity index (χ1) is 14.5. The molecule has 2 aromatic rings. The fraction of sp³-hybridized carbons (Fsp3) is 0.500. The quantitative estimate of drug-likeness (QED) is 0.669. The number of ether oxygens (including phenoxy) is 1. The molecule has 2 atom stereocenters. The van der Waals surface area contributed by atoms with Crippen LogP contribution in [0, 0.1) is 0 Å². The lowest BCUT2D eigenvalue weighted by Crippen LogP contribution is -2.45. The van der Waals surface area contributed by atoms with E-state index in [0.717, 1.165) is 41.0 Å². The molecular formula is C22H27NO5S2. The molecule has 0 saturated carbocycles. The van der Waals surface area contributed by atoms with E-state index in [1.807, 2.05) is 42.5 Å². The summed E-state index contributed by atoms with van der Waals surface area (Å²) in [6, 6.07) is 13.7. The molecule has 2 fully saturated rings. The standard InChI is InChI=1S/C22H27NO5S2/c24-20(23-28-21-10-4-6-14-27-21)16-22(13-5-7-15-30(22,25)26)19-12-11-18(29-19)17-8-2-1-3-9-17/h1-3,8-9,11-12,21H,4-7,10,13-16H2,(H,23,24)/t21?,22-/m0/s1. The first kappa shape index (κ1) is 21.5. The van der Waals surface area contributed by atoms with E-state index in [4.69, 9.17) is 9.57 Å². The van der Waals surface area contributed by atoms with Crippen molar-refractivity contribution in [2.45, 2.75) is 56.0 Å². The second kappa shape index (κ2) is 9.18. The zero-order chi connectivity index (χ0) is 21.0. The lowest BCUT2D eigenvalue weighted by molar-refractivity contribution is -0.200. The topological polar surface area (TPSA) is 81.7 Å². The summed E-state index contributed by atoms with van der Waals surface area (Å²) in [5.41, 5.74) is 3.49. The van der Waals surface area contributed by atoms with Crippen LogP contribution in [0.25, 0.3) is 10.4 Å². The molecule has 4 rings (SSSR count). The smallest absolute Gasteiger partial charge is 0.245 e. The molecule has 1 aromatic carbocycles. The number of hydrogen-bond acceptors (Lipinski definition) is 6. The third-order valence-corrected chi connectivity index (χ3v) is 9.89. The van der Waals surface area contributed by atoms with Gasteiger partial charge in [0.2, 0.25) is 5.91 Å². The van der Waals surface area contributed by atoms with Gasteiger partial charge in [-0.2, -0.15) is 0 Å². The van der Waals surface area contributed by atoms with Gasteiger partial charge in [-0.1, -0.05) is 36.8 Å². The van der Waals surface area contributed by atoms with E-state index in [1.54, 1.807) is 0 Å². The van der Waals surface area contributed by atoms with Crippen molar-refractivity contribution in [2.75, 3.05) is 12.4 Å². The lowest BCUT2D eigenvalue weighted by atomic mass is 9.94. The minimum Gasteiger partial charge on any atom is -0.350 e. The summed E-state index contributed by atoms with van der Waals surface area (Å²) in [4.78, 5) is 19.9. The van der Waals surface area contributed by atoms with Crippen molar-refractivity contribution >= 4 is 27.1 Å². The lowest BCUT2D eigenvalue weighted by Gasteiger charge is -2.35. The number of rotatable bonds is 6. The first-order valence-electron chi connectivity index (χ1n) is 10.4. The van der Waals surface area contributed by atoms with Gasteiger partial charge >= 0.3 is 0 Å². The Kier molecular flexibility index (Phi) is 6.57. The Morgan fingerprint density at radius 3 is 2.70 bits per heavy atom. The van der Waals surface area contributed by atoms with Crippen LogP contribution < -0.4 is 5.48 Å². The highest BCUT2D eigenvalue weighted by Crippen LogP contribution is 2.47. The van der Waals surface area contributed by atoms with E-state index in [2.05, 4.69) is 5.48 Å². The summed E-state index contributed by atoms with van der Waals surface area (Å²) in [7, 11) is -3.48. The Balaban J connectivity index is 1.57. The first-order valence-corrected chi connectivity index (χ1v) is 12.9. The summed E-state index contributed by atoms with van der Waals surface area (Å²) in [6.07, 6.45) is 3.93. The largest absolute Gasteiger partial charge is 0.350 e. The Morgan fingerprint density at radius 1 is 1.13 bits per heavy atom. The molecule has 0 aliphatic carbocycles.